The number of ether oxygens (including phenoxy) is 4. The van der Waals surface area contributed by atoms with Crippen molar-refractivity contribution in [2.24, 2.45) is 0 Å². The van der Waals surface area contributed by atoms with Gasteiger partial charge in [0.15, 0.2) is 0 Å². The van der Waals surface area contributed by atoms with Gasteiger partial charge < -0.3 is 28.9 Å². The molecular weight excluding hydrogens is 897 g/mol. The molecule has 2 aliphatic heterocycles. The highest BCUT2D eigenvalue weighted by atomic mass is 16.5. The van der Waals surface area contributed by atoms with Gasteiger partial charge in [-0.2, -0.15) is 0 Å². The number of aromatic nitrogens is 4. The molecule has 370 valence electrons. The molecule has 0 atom stereocenters. The Labute approximate surface area is 424 Å². The molecule has 0 amide bonds. The first-order valence-corrected chi connectivity index (χ1v) is 24.2. The largest absolute Gasteiger partial charge is 0.496 e. The lowest BCUT2D eigenvalue weighted by molar-refractivity contribution is 0.397. The second-order valence-electron chi connectivity index (χ2n) is 22.1. The molecule has 3 aromatic heterocycles. The maximum atomic E-state index is 6.16. The van der Waals surface area contributed by atoms with Gasteiger partial charge in [-0.1, -0.05) is 12.1 Å². The van der Waals surface area contributed by atoms with Crippen LogP contribution in [0.3, 0.4) is 0 Å². The second-order valence-corrected chi connectivity index (χ2v) is 22.1. The van der Waals surface area contributed by atoms with Crippen LogP contribution in [0.25, 0.3) is 90.9 Å². The Bertz CT molecular complexity index is 3170. The molecular formula is C60H70N8O4+4. The quantitative estimate of drug-likeness (QED) is 0.118. The van der Waals surface area contributed by atoms with E-state index in [4.69, 9.17) is 28.9 Å². The lowest BCUT2D eigenvalue weighted by Crippen LogP contribution is -2.37. The molecule has 7 aromatic rings. The molecule has 0 aliphatic carbocycles. The van der Waals surface area contributed by atoms with E-state index >= 15 is 0 Å². The highest BCUT2D eigenvalue weighted by Crippen LogP contribution is 2.47. The number of quaternary nitrogens is 4. The molecule has 4 aromatic carbocycles. The monoisotopic (exact) mass is 967 g/mol. The molecule has 12 heteroatoms. The summed E-state index contributed by atoms with van der Waals surface area (Å²) in [6.07, 6.45) is 8.46. The van der Waals surface area contributed by atoms with E-state index in [9.17, 15) is 0 Å². The second kappa shape index (κ2) is 18.3. The van der Waals surface area contributed by atoms with Crippen LogP contribution in [0.2, 0.25) is 0 Å². The topological polar surface area (TPSA) is 94.3 Å². The van der Waals surface area contributed by atoms with Crippen molar-refractivity contribution in [1.82, 2.24) is 37.9 Å². The summed E-state index contributed by atoms with van der Waals surface area (Å²) in [6, 6.07) is 34.1. The maximum absolute atomic E-state index is 6.16. The van der Waals surface area contributed by atoms with Crippen LogP contribution < -0.4 is 36.9 Å². The van der Waals surface area contributed by atoms with Gasteiger partial charge in [0.05, 0.1) is 159 Å². The molecule has 8 bridgehead atoms. The zero-order chi connectivity index (χ0) is 51.7. The summed E-state index contributed by atoms with van der Waals surface area (Å²) < 4.78 is 27.1. The third-order valence-corrected chi connectivity index (χ3v) is 13.6. The average Bonchev–Trinajstić information content (AvgIpc) is 4.19. The number of hydrogen-bond donors (Lipinski definition) is 2. The van der Waals surface area contributed by atoms with Crippen LogP contribution in [-0.4, -0.2) is 133 Å². The number of rotatable bonds is 12. The van der Waals surface area contributed by atoms with Crippen LogP contribution in [0.5, 0.6) is 23.0 Å². The summed E-state index contributed by atoms with van der Waals surface area (Å²) >= 11 is 0. The van der Waals surface area contributed by atoms with Crippen molar-refractivity contribution in [3.63, 3.8) is 0 Å². The van der Waals surface area contributed by atoms with Crippen LogP contribution in [0, 0.1) is 0 Å². The molecule has 72 heavy (non-hydrogen) atoms. The van der Waals surface area contributed by atoms with Crippen molar-refractivity contribution < 1.29 is 18.9 Å². The number of nitrogens with one attached hydrogen (secondary N) is 2. The molecule has 0 saturated heterocycles. The Hall–Kier alpha value is -7.48. The Morgan fingerprint density at radius 3 is 0.819 bits per heavy atom. The standard InChI is InChI=1S/C60H70N8O4/c1-65(2,3)39-31-37(32-40(35-39)66(4,5)6)55-43-23-27-47(61-43)57(59-51(69-13)19-17-20-52(59)70-14)49-29-25-45(63-49)56(38-33-41(67(7,8)9)36-42(34-38)68(10,11)12)46-26-30-50(64-46)58(48-28-24-44(55)62-48)60-53(71-15)21-18-22-54(60)72-16/h17-36,61,64H,1-16H3/q+4. The zero-order valence-corrected chi connectivity index (χ0v) is 44.9. The number of fused-ring (bicyclic) bond motifs is 8. The van der Waals surface area contributed by atoms with Crippen molar-refractivity contribution >= 4 is 69.1 Å². The van der Waals surface area contributed by atoms with Gasteiger partial charge in [-0.05, 0) is 84.0 Å². The lowest BCUT2D eigenvalue weighted by Gasteiger charge is -2.28. The van der Waals surface area contributed by atoms with Gasteiger partial charge in [0.1, 0.15) is 45.7 Å². The van der Waals surface area contributed by atoms with Crippen LogP contribution in [-0.2, 0) is 0 Å². The summed E-state index contributed by atoms with van der Waals surface area (Å²) in [4.78, 5) is 19.2. The minimum Gasteiger partial charge on any atom is -0.496 e. The Balaban J connectivity index is 1.55. The van der Waals surface area contributed by atoms with Crippen LogP contribution >= 0.6 is 0 Å². The molecule has 0 unspecified atom stereocenters. The zero-order valence-electron chi connectivity index (χ0n) is 44.9. The van der Waals surface area contributed by atoms with Gasteiger partial charge in [-0.15, -0.1) is 0 Å². The number of H-pyrrole nitrogens is 2. The summed E-state index contributed by atoms with van der Waals surface area (Å²) in [5.74, 6) is 2.63. The van der Waals surface area contributed by atoms with E-state index in [1.54, 1.807) is 28.4 Å². The summed E-state index contributed by atoms with van der Waals surface area (Å²) in [5, 5.41) is 0. The van der Waals surface area contributed by atoms with Crippen molar-refractivity contribution in [1.29, 1.82) is 0 Å². The van der Waals surface area contributed by atoms with E-state index in [2.05, 4.69) is 180 Å². The minimum absolute atomic E-state index is 0.621. The van der Waals surface area contributed by atoms with Crippen LogP contribution in [0.4, 0.5) is 22.7 Å². The molecule has 0 radical (unpaired) electrons. The Morgan fingerprint density at radius 1 is 0.319 bits per heavy atom. The number of methoxy groups -OCH3 is 4. The smallest absolute Gasteiger partial charge is 0.138 e. The predicted molar refractivity (Wildman–Crippen MR) is 305 cm³/mol. The van der Waals surface area contributed by atoms with Crippen molar-refractivity contribution in [2.75, 3.05) is 113 Å². The van der Waals surface area contributed by atoms with Crippen molar-refractivity contribution in [3.8, 4) is 67.5 Å². The fourth-order valence-corrected chi connectivity index (χ4v) is 9.56. The van der Waals surface area contributed by atoms with Gasteiger partial charge in [-0.3, -0.25) is 17.9 Å². The summed E-state index contributed by atoms with van der Waals surface area (Å²) in [6.45, 7) is 0. The summed E-state index contributed by atoms with van der Waals surface area (Å²) in [7, 11) is 33.2. The van der Waals surface area contributed by atoms with E-state index in [0.29, 0.717) is 40.9 Å². The maximum Gasteiger partial charge on any atom is 0.138 e. The van der Waals surface area contributed by atoms with Crippen LogP contribution in [0.15, 0.2) is 97.1 Å². The fraction of sp³-hybridized carbons (Fsp3) is 0.267. The van der Waals surface area contributed by atoms with Gasteiger partial charge in [0, 0.05) is 68.6 Å². The molecule has 5 heterocycles. The van der Waals surface area contributed by atoms with Crippen LogP contribution in [0.1, 0.15) is 22.8 Å². The number of benzene rings is 4. The van der Waals surface area contributed by atoms with E-state index in [1.165, 1.54) is 0 Å². The van der Waals surface area contributed by atoms with Gasteiger partial charge in [0.25, 0.3) is 0 Å². The molecule has 0 spiro atoms. The van der Waals surface area contributed by atoms with Gasteiger partial charge in [-0.25, -0.2) is 9.97 Å². The molecule has 0 saturated carbocycles. The lowest BCUT2D eigenvalue weighted by atomic mass is 10.0. The van der Waals surface area contributed by atoms with E-state index in [0.717, 1.165) is 112 Å². The predicted octanol–water partition coefficient (Wildman–Crippen LogP) is 12.1. The minimum atomic E-state index is 0.621. The average molecular weight is 967 g/mol. The molecule has 0 fully saturated rings. The highest BCUT2D eigenvalue weighted by molar-refractivity contribution is 6.02. The van der Waals surface area contributed by atoms with Gasteiger partial charge >= 0.3 is 0 Å². The van der Waals surface area contributed by atoms with E-state index < -0.39 is 0 Å². The Kier molecular flexibility index (Phi) is 12.6. The first-order chi connectivity index (χ1) is 34.0. The molecule has 2 N–H and O–H groups in total. The first-order valence-electron chi connectivity index (χ1n) is 24.2. The highest BCUT2D eigenvalue weighted by Gasteiger charge is 2.28. The number of aromatic amines is 2. The third kappa shape index (κ3) is 9.18. The van der Waals surface area contributed by atoms with Gasteiger partial charge in [0.2, 0.25) is 0 Å². The summed E-state index contributed by atoms with van der Waals surface area (Å²) in [5.41, 5.74) is 18.3. The van der Waals surface area contributed by atoms with E-state index in [-0.39, 0.29) is 0 Å². The fourth-order valence-electron chi connectivity index (χ4n) is 9.56. The third-order valence-electron chi connectivity index (χ3n) is 13.6. The van der Waals surface area contributed by atoms with E-state index in [1.807, 2.05) is 36.4 Å². The molecule has 2 aliphatic rings. The normalized spacial score (nSPS) is 12.9. The van der Waals surface area contributed by atoms with Crippen molar-refractivity contribution in [3.05, 3.63) is 120 Å². The SMILES string of the molecule is COc1cccc(OC)c1-c1c2nc(c(-c3cc([N+](C)(C)C)cc([N+](C)(C)C)c3)c3ccc([nH]3)c(-c3c(OC)cccc3OC)c3nc(c(-c4cc([N+](C)(C)C)cc([N+](C)(C)C)c4)c4ccc1[nH]4)C=C3)C=C2. The molecule has 12 nitrogen and oxygen atoms in total. The number of hydrogen-bond acceptors (Lipinski definition) is 6. The first kappa shape index (κ1) is 49.5. The van der Waals surface area contributed by atoms with Crippen molar-refractivity contribution in [2.45, 2.75) is 0 Å². The number of nitrogens with zero attached hydrogens (tertiary/aromatic N) is 6. The Morgan fingerprint density at radius 2 is 0.569 bits per heavy atom. The molecule has 9 rings (SSSR count).